The summed E-state index contributed by atoms with van der Waals surface area (Å²) in [6.45, 7) is 0. The van der Waals surface area contributed by atoms with Crippen LogP contribution in [0.1, 0.15) is 31.7 Å². The lowest BCUT2D eigenvalue weighted by Crippen LogP contribution is -2.30. The van der Waals surface area contributed by atoms with Crippen LogP contribution in [0.2, 0.25) is 5.02 Å². The van der Waals surface area contributed by atoms with E-state index in [4.69, 9.17) is 34.8 Å². The molecule has 1 aliphatic rings. The maximum Gasteiger partial charge on any atom is 0.471 e. The first-order valence-corrected chi connectivity index (χ1v) is 12.9. The Hall–Kier alpha value is -3.69. The predicted molar refractivity (Wildman–Crippen MR) is 147 cm³/mol. The molecule has 3 amide bonds. The molecule has 0 aliphatic heterocycles. The van der Waals surface area contributed by atoms with Crippen LogP contribution in [0.5, 0.6) is 0 Å². The highest BCUT2D eigenvalue weighted by Crippen LogP contribution is 2.65. The molecule has 4 rings (SSSR count). The standard InChI is InChI=1S/C26H13Cl3F9N3O3.3H2/c27-13-3-2-10(39-22(43)18-17(24(18,28)29)9-1-4-14(30)12(7-9)25(33,34)35)8-11(13)21(42)41-20-15(31)5-6-16(19(20)32)40-23(44)26(36,37)38;;;/h1-8,17-18H,(H,39,43)(H,40,44)(H,41,42);3*1H/t17-,18+;;;/m0.../s1. The summed E-state index contributed by atoms with van der Waals surface area (Å²) in [5.74, 6) is -12.1. The van der Waals surface area contributed by atoms with E-state index in [1.165, 1.54) is 11.4 Å². The number of anilines is 3. The number of rotatable bonds is 6. The molecule has 240 valence electrons. The second-order valence-electron chi connectivity index (χ2n) is 9.24. The normalized spacial score (nSPS) is 17.5. The van der Waals surface area contributed by atoms with Crippen LogP contribution < -0.4 is 16.0 Å². The Morgan fingerprint density at radius 3 is 2.07 bits per heavy atom. The molecule has 0 bridgehead atoms. The van der Waals surface area contributed by atoms with Gasteiger partial charge in [-0.25, -0.2) is 13.2 Å². The van der Waals surface area contributed by atoms with Crippen molar-refractivity contribution in [3.05, 3.63) is 87.7 Å². The highest BCUT2D eigenvalue weighted by atomic mass is 35.5. The lowest BCUT2D eigenvalue weighted by molar-refractivity contribution is -0.167. The molecule has 0 spiro atoms. The fraction of sp³-hybridized carbons (Fsp3) is 0.192. The molecule has 0 saturated heterocycles. The van der Waals surface area contributed by atoms with Gasteiger partial charge in [-0.1, -0.05) is 17.7 Å². The Balaban J connectivity index is 0.00000368. The monoisotopic (exact) mass is 697 g/mol. The molecular formula is C26H19Cl3F9N3O3. The molecule has 2 atom stereocenters. The van der Waals surface area contributed by atoms with Gasteiger partial charge in [0.15, 0.2) is 5.82 Å². The van der Waals surface area contributed by atoms with E-state index in [9.17, 15) is 53.9 Å². The van der Waals surface area contributed by atoms with Crippen molar-refractivity contribution in [3.8, 4) is 0 Å². The minimum Gasteiger partial charge on any atom is -0.326 e. The third kappa shape index (κ3) is 6.69. The van der Waals surface area contributed by atoms with E-state index < -0.39 is 86.2 Å². The Labute approximate surface area is 259 Å². The molecule has 18 heteroatoms. The summed E-state index contributed by atoms with van der Waals surface area (Å²) < 4.78 is 118. The van der Waals surface area contributed by atoms with Gasteiger partial charge in [0, 0.05) is 15.9 Å². The lowest BCUT2D eigenvalue weighted by atomic mass is 10.0. The van der Waals surface area contributed by atoms with Gasteiger partial charge >= 0.3 is 18.3 Å². The largest absolute Gasteiger partial charge is 0.471 e. The van der Waals surface area contributed by atoms with E-state index in [1.54, 1.807) is 5.32 Å². The van der Waals surface area contributed by atoms with E-state index in [1.807, 2.05) is 0 Å². The number of nitrogens with one attached hydrogen (secondary N) is 3. The van der Waals surface area contributed by atoms with Crippen LogP contribution in [0, 0.1) is 23.4 Å². The smallest absolute Gasteiger partial charge is 0.326 e. The van der Waals surface area contributed by atoms with Gasteiger partial charge < -0.3 is 16.0 Å². The van der Waals surface area contributed by atoms with Crippen molar-refractivity contribution in [2.75, 3.05) is 16.0 Å². The van der Waals surface area contributed by atoms with Gasteiger partial charge in [0.05, 0.1) is 27.8 Å². The van der Waals surface area contributed by atoms with E-state index in [-0.39, 0.29) is 20.6 Å². The molecule has 0 unspecified atom stereocenters. The summed E-state index contributed by atoms with van der Waals surface area (Å²) >= 11 is 18.3. The van der Waals surface area contributed by atoms with Crippen LogP contribution in [0.3, 0.4) is 0 Å². The molecule has 3 N–H and O–H groups in total. The van der Waals surface area contributed by atoms with Crippen LogP contribution in [-0.4, -0.2) is 28.2 Å². The lowest BCUT2D eigenvalue weighted by Gasteiger charge is -2.14. The van der Waals surface area contributed by atoms with Gasteiger partial charge in [0.1, 0.15) is 21.7 Å². The number of benzene rings is 3. The zero-order valence-electron chi connectivity index (χ0n) is 21.0. The fourth-order valence-corrected chi connectivity index (χ4v) is 5.19. The molecule has 1 saturated carbocycles. The second kappa shape index (κ2) is 11.7. The number of alkyl halides is 8. The first kappa shape index (κ1) is 33.2. The summed E-state index contributed by atoms with van der Waals surface area (Å²) in [5.41, 5.74) is -4.80. The molecule has 6 nitrogen and oxygen atoms in total. The Morgan fingerprint density at radius 2 is 1.45 bits per heavy atom. The SMILES string of the molecule is O=C(Nc1c(F)ccc(NC(=O)C(F)(F)F)c1F)c1cc(NC(=O)[C@H]2[C@H](c3ccc(F)c(C(F)(F)F)c3)C2(Cl)Cl)ccc1Cl.[HH].[HH].[HH]. The molecule has 1 aliphatic carbocycles. The number of carbonyl (C=O) groups is 3. The van der Waals surface area contributed by atoms with Crippen LogP contribution in [0.25, 0.3) is 0 Å². The molecule has 0 aromatic heterocycles. The molecule has 0 radical (unpaired) electrons. The number of hydrogen-bond donors (Lipinski definition) is 3. The Bertz CT molecular complexity index is 1700. The van der Waals surface area contributed by atoms with Crippen molar-refractivity contribution in [1.29, 1.82) is 0 Å². The summed E-state index contributed by atoms with van der Waals surface area (Å²) in [6.07, 6.45) is -10.4. The zero-order chi connectivity index (χ0) is 32.9. The van der Waals surface area contributed by atoms with E-state index in [0.29, 0.717) is 24.3 Å². The first-order valence-electron chi connectivity index (χ1n) is 11.8. The molecule has 3 aromatic rings. The zero-order valence-corrected chi connectivity index (χ0v) is 23.3. The van der Waals surface area contributed by atoms with E-state index >= 15 is 0 Å². The Morgan fingerprint density at radius 1 is 0.818 bits per heavy atom. The summed E-state index contributed by atoms with van der Waals surface area (Å²) in [5, 5.41) is 4.99. The van der Waals surface area contributed by atoms with E-state index in [0.717, 1.165) is 18.2 Å². The van der Waals surface area contributed by atoms with Gasteiger partial charge in [-0.2, -0.15) is 26.3 Å². The summed E-state index contributed by atoms with van der Waals surface area (Å²) in [7, 11) is 0. The van der Waals surface area contributed by atoms with Gasteiger partial charge in [0.25, 0.3) is 5.91 Å². The minimum absolute atomic E-state index is 0. The Kier molecular flexibility index (Phi) is 8.81. The highest BCUT2D eigenvalue weighted by molar-refractivity contribution is 6.53. The maximum atomic E-state index is 14.7. The quantitative estimate of drug-likeness (QED) is 0.178. The van der Waals surface area contributed by atoms with Crippen molar-refractivity contribution in [2.24, 2.45) is 5.92 Å². The van der Waals surface area contributed by atoms with Gasteiger partial charge in [-0.15, -0.1) is 23.2 Å². The average Bonchev–Trinajstić information content (AvgIpc) is 3.49. The molecule has 44 heavy (non-hydrogen) atoms. The second-order valence-corrected chi connectivity index (χ2v) is 11.1. The number of carbonyl (C=O) groups excluding carboxylic acids is 3. The topological polar surface area (TPSA) is 87.3 Å². The van der Waals surface area contributed by atoms with Crippen LogP contribution >= 0.6 is 34.8 Å². The van der Waals surface area contributed by atoms with Crippen LogP contribution in [0.4, 0.5) is 56.6 Å². The third-order valence-electron chi connectivity index (χ3n) is 6.30. The van der Waals surface area contributed by atoms with Crippen LogP contribution in [0.15, 0.2) is 48.5 Å². The third-order valence-corrected chi connectivity index (χ3v) is 7.57. The van der Waals surface area contributed by atoms with Gasteiger partial charge in [0.2, 0.25) is 5.91 Å². The van der Waals surface area contributed by atoms with E-state index in [2.05, 4.69) is 5.32 Å². The summed E-state index contributed by atoms with van der Waals surface area (Å²) in [4.78, 5) is 36.9. The minimum atomic E-state index is -5.40. The van der Waals surface area contributed by atoms with Crippen molar-refractivity contribution in [3.63, 3.8) is 0 Å². The van der Waals surface area contributed by atoms with Crippen molar-refractivity contribution in [2.45, 2.75) is 22.6 Å². The number of hydrogen-bond acceptors (Lipinski definition) is 3. The van der Waals surface area contributed by atoms with Crippen molar-refractivity contribution >= 4 is 69.6 Å². The van der Waals surface area contributed by atoms with Crippen molar-refractivity contribution in [1.82, 2.24) is 0 Å². The summed E-state index contributed by atoms with van der Waals surface area (Å²) in [6, 6.07) is 6.14. The van der Waals surface area contributed by atoms with Gasteiger partial charge in [-0.3, -0.25) is 14.4 Å². The number of amides is 3. The molecule has 1 fully saturated rings. The molecule has 0 heterocycles. The molecule has 3 aromatic carbocycles. The molecular weight excluding hydrogens is 680 g/mol. The van der Waals surface area contributed by atoms with Crippen LogP contribution in [-0.2, 0) is 15.8 Å². The first-order chi connectivity index (χ1) is 20.2. The predicted octanol–water partition coefficient (Wildman–Crippen LogP) is 8.79. The number of halogens is 12. The fourth-order valence-electron chi connectivity index (χ4n) is 4.16. The van der Waals surface area contributed by atoms with Crippen molar-refractivity contribution < 1.29 is 58.2 Å². The van der Waals surface area contributed by atoms with Gasteiger partial charge in [-0.05, 0) is 48.0 Å². The maximum absolute atomic E-state index is 14.7. The highest BCUT2D eigenvalue weighted by Gasteiger charge is 2.67. The average molecular weight is 699 g/mol.